The molecular formula is C15H24O2Si. The van der Waals surface area contributed by atoms with Gasteiger partial charge in [-0.1, -0.05) is 52.0 Å². The molecule has 0 aliphatic carbocycles. The zero-order chi connectivity index (χ0) is 13.6. The van der Waals surface area contributed by atoms with E-state index in [4.69, 9.17) is 4.43 Å². The summed E-state index contributed by atoms with van der Waals surface area (Å²) < 4.78 is 5.81. The van der Waals surface area contributed by atoms with Gasteiger partial charge in [0.1, 0.15) is 0 Å². The van der Waals surface area contributed by atoms with E-state index in [0.717, 1.165) is 18.6 Å². The third-order valence-electron chi connectivity index (χ3n) is 3.54. The van der Waals surface area contributed by atoms with Crippen LogP contribution in [0, 0.1) is 5.92 Å². The van der Waals surface area contributed by atoms with Crippen LogP contribution in [0.15, 0.2) is 24.3 Å². The smallest absolute Gasteiger partial charge is 0.236 e. The summed E-state index contributed by atoms with van der Waals surface area (Å²) in [5, 5.41) is 9.48. The highest BCUT2D eigenvalue weighted by molar-refractivity contribution is 6.32. The van der Waals surface area contributed by atoms with Crippen LogP contribution in [0.25, 0.3) is 0 Å². The lowest BCUT2D eigenvalue weighted by atomic mass is 9.99. The molecule has 0 bridgehead atoms. The predicted octanol–water partition coefficient (Wildman–Crippen LogP) is 3.21. The zero-order valence-electron chi connectivity index (χ0n) is 11.9. The number of aliphatic hydroxyl groups is 1. The molecule has 0 aliphatic rings. The van der Waals surface area contributed by atoms with Gasteiger partial charge in [0.25, 0.3) is 0 Å². The highest BCUT2D eigenvalue weighted by Gasteiger charge is 2.24. The van der Waals surface area contributed by atoms with Gasteiger partial charge in [0, 0.05) is 6.61 Å². The van der Waals surface area contributed by atoms with Crippen LogP contribution in [0.5, 0.6) is 0 Å². The molecule has 0 aliphatic heterocycles. The zero-order valence-corrected chi connectivity index (χ0v) is 12.9. The van der Waals surface area contributed by atoms with E-state index in [0.29, 0.717) is 15.7 Å². The van der Waals surface area contributed by atoms with Crippen molar-refractivity contribution in [2.24, 2.45) is 5.92 Å². The minimum Gasteiger partial charge on any atom is -0.417 e. The highest BCUT2D eigenvalue weighted by atomic mass is 28.2. The van der Waals surface area contributed by atoms with Crippen molar-refractivity contribution in [2.75, 3.05) is 6.61 Å². The quantitative estimate of drug-likeness (QED) is 0.605. The van der Waals surface area contributed by atoms with Crippen LogP contribution in [0.1, 0.15) is 38.8 Å². The molecule has 0 heterocycles. The van der Waals surface area contributed by atoms with Gasteiger partial charge in [-0.25, -0.2) is 0 Å². The molecule has 0 saturated heterocycles. The Hall–Kier alpha value is -0.643. The Labute approximate surface area is 113 Å². The lowest BCUT2D eigenvalue weighted by molar-refractivity contribution is 0.277. The number of hydrogen-bond acceptors (Lipinski definition) is 2. The molecule has 100 valence electrons. The normalized spacial score (nSPS) is 12.1. The Morgan fingerprint density at radius 1 is 1.22 bits per heavy atom. The SMILES string of the molecule is CC(C)C(C)(C)[Si]OCCc1ccccc1CO. The molecule has 1 aromatic carbocycles. The average molecular weight is 264 g/mol. The van der Waals surface area contributed by atoms with Crippen LogP contribution in [0.2, 0.25) is 5.04 Å². The van der Waals surface area contributed by atoms with Crippen molar-refractivity contribution in [1.29, 1.82) is 0 Å². The maximum absolute atomic E-state index is 9.24. The van der Waals surface area contributed by atoms with Crippen molar-refractivity contribution in [2.45, 2.75) is 45.8 Å². The van der Waals surface area contributed by atoms with Crippen molar-refractivity contribution < 1.29 is 9.53 Å². The van der Waals surface area contributed by atoms with E-state index in [9.17, 15) is 5.11 Å². The molecule has 0 spiro atoms. The molecule has 1 N–H and O–H groups in total. The van der Waals surface area contributed by atoms with Crippen molar-refractivity contribution in [1.82, 2.24) is 0 Å². The Bertz CT molecular complexity index is 361. The molecule has 0 unspecified atom stereocenters. The second-order valence-corrected chi connectivity index (χ2v) is 7.29. The molecule has 1 aromatic rings. The highest BCUT2D eigenvalue weighted by Crippen LogP contribution is 2.32. The van der Waals surface area contributed by atoms with E-state index >= 15 is 0 Å². The molecule has 0 atom stereocenters. The summed E-state index contributed by atoms with van der Waals surface area (Å²) in [5.74, 6) is 0.626. The lowest BCUT2D eigenvalue weighted by Crippen LogP contribution is -2.22. The summed E-state index contributed by atoms with van der Waals surface area (Å²) >= 11 is 0. The topological polar surface area (TPSA) is 29.5 Å². The number of benzene rings is 1. The van der Waals surface area contributed by atoms with Gasteiger partial charge in [0.05, 0.1) is 6.61 Å². The Kier molecular flexibility index (Phi) is 6.06. The first kappa shape index (κ1) is 15.4. The van der Waals surface area contributed by atoms with Gasteiger partial charge in [-0.2, -0.15) is 0 Å². The van der Waals surface area contributed by atoms with Gasteiger partial charge in [-0.3, -0.25) is 0 Å². The maximum Gasteiger partial charge on any atom is 0.236 e. The van der Waals surface area contributed by atoms with E-state index in [-0.39, 0.29) is 11.6 Å². The summed E-state index contributed by atoms with van der Waals surface area (Å²) in [7, 11) is 0.526. The van der Waals surface area contributed by atoms with Crippen molar-refractivity contribution in [3.05, 3.63) is 35.4 Å². The van der Waals surface area contributed by atoms with E-state index in [2.05, 4.69) is 33.8 Å². The molecule has 0 amide bonds. The number of hydrogen-bond donors (Lipinski definition) is 1. The predicted molar refractivity (Wildman–Crippen MR) is 76.7 cm³/mol. The van der Waals surface area contributed by atoms with Crippen LogP contribution in [0.3, 0.4) is 0 Å². The van der Waals surface area contributed by atoms with Crippen molar-refractivity contribution in [3.63, 3.8) is 0 Å². The Balaban J connectivity index is 2.38. The Morgan fingerprint density at radius 2 is 1.83 bits per heavy atom. The summed E-state index contributed by atoms with van der Waals surface area (Å²) in [6.45, 7) is 9.80. The van der Waals surface area contributed by atoms with Gasteiger partial charge in [-0.15, -0.1) is 0 Å². The van der Waals surface area contributed by atoms with Gasteiger partial charge in [0.2, 0.25) is 9.76 Å². The van der Waals surface area contributed by atoms with Crippen LogP contribution >= 0.6 is 0 Å². The van der Waals surface area contributed by atoms with Gasteiger partial charge in [-0.05, 0) is 28.5 Å². The van der Waals surface area contributed by atoms with E-state index < -0.39 is 0 Å². The fraction of sp³-hybridized carbons (Fsp3) is 0.600. The molecule has 1 rings (SSSR count). The van der Waals surface area contributed by atoms with Gasteiger partial charge < -0.3 is 9.53 Å². The van der Waals surface area contributed by atoms with Crippen LogP contribution in [0.4, 0.5) is 0 Å². The number of aliphatic hydroxyl groups excluding tert-OH is 1. The largest absolute Gasteiger partial charge is 0.417 e. The molecule has 2 nitrogen and oxygen atoms in total. The average Bonchev–Trinajstić information content (AvgIpc) is 2.35. The standard InChI is InChI=1S/C15H24O2Si/c1-12(2)15(3,4)18-17-10-9-13-7-5-6-8-14(13)11-16/h5-8,12,16H,9-11H2,1-4H3. The minimum atomic E-state index is 0.107. The van der Waals surface area contributed by atoms with Crippen LogP contribution in [-0.4, -0.2) is 21.5 Å². The second-order valence-electron chi connectivity index (χ2n) is 5.50. The third kappa shape index (κ3) is 4.56. The first-order valence-corrected chi connectivity index (χ1v) is 7.45. The molecule has 2 radical (unpaired) electrons. The summed E-state index contributed by atoms with van der Waals surface area (Å²) in [6, 6.07) is 8.00. The molecule has 0 fully saturated rings. The fourth-order valence-corrected chi connectivity index (χ4v) is 2.28. The molecule has 18 heavy (non-hydrogen) atoms. The van der Waals surface area contributed by atoms with Crippen LogP contribution in [-0.2, 0) is 17.5 Å². The molecule has 0 saturated carbocycles. The first-order chi connectivity index (χ1) is 8.47. The van der Waals surface area contributed by atoms with Gasteiger partial charge in [0.15, 0.2) is 0 Å². The molecular weight excluding hydrogens is 240 g/mol. The second kappa shape index (κ2) is 7.07. The number of rotatable bonds is 7. The molecule has 3 heteroatoms. The van der Waals surface area contributed by atoms with E-state index in [1.54, 1.807) is 0 Å². The summed E-state index contributed by atoms with van der Waals surface area (Å²) in [6.07, 6.45) is 0.873. The monoisotopic (exact) mass is 264 g/mol. The van der Waals surface area contributed by atoms with Crippen molar-refractivity contribution >= 4 is 9.76 Å². The van der Waals surface area contributed by atoms with E-state index in [1.165, 1.54) is 5.56 Å². The lowest BCUT2D eigenvalue weighted by Gasteiger charge is -2.27. The Morgan fingerprint density at radius 3 is 2.39 bits per heavy atom. The maximum atomic E-state index is 9.24. The molecule has 0 aromatic heterocycles. The van der Waals surface area contributed by atoms with E-state index in [1.807, 2.05) is 18.2 Å². The van der Waals surface area contributed by atoms with Gasteiger partial charge >= 0.3 is 0 Å². The van der Waals surface area contributed by atoms with Crippen LogP contribution < -0.4 is 0 Å². The van der Waals surface area contributed by atoms with Crippen molar-refractivity contribution in [3.8, 4) is 0 Å². The minimum absolute atomic E-state index is 0.107. The fourth-order valence-electron chi connectivity index (χ4n) is 1.47. The third-order valence-corrected chi connectivity index (χ3v) is 4.99. The first-order valence-electron chi connectivity index (χ1n) is 6.54. The summed E-state index contributed by atoms with van der Waals surface area (Å²) in [5.41, 5.74) is 2.19. The summed E-state index contributed by atoms with van der Waals surface area (Å²) in [4.78, 5) is 0.